The van der Waals surface area contributed by atoms with Crippen LogP contribution in [0.5, 0.6) is 0 Å². The van der Waals surface area contributed by atoms with Crippen LogP contribution in [0, 0.1) is 0 Å². The van der Waals surface area contributed by atoms with Crippen molar-refractivity contribution in [3.05, 3.63) is 70.4 Å². The highest BCUT2D eigenvalue weighted by atomic mass is 32.2. The second-order valence-corrected chi connectivity index (χ2v) is 11.7. The Morgan fingerprint density at radius 1 is 1.06 bits per heavy atom. The number of thiophene rings is 1. The Balaban J connectivity index is 1.70. The van der Waals surface area contributed by atoms with Gasteiger partial charge in [-0.3, -0.25) is 9.69 Å². The maximum absolute atomic E-state index is 13.5. The zero-order chi connectivity index (χ0) is 22.9. The number of fused-ring (bicyclic) bond motifs is 1. The molecule has 2 aromatic carbocycles. The van der Waals surface area contributed by atoms with Crippen molar-refractivity contribution >= 4 is 59.5 Å². The molecular formula is C23H23N3O3S3. The molecule has 0 N–H and O–H groups in total. The van der Waals surface area contributed by atoms with Crippen molar-refractivity contribution in [1.29, 1.82) is 0 Å². The number of sulfone groups is 1. The van der Waals surface area contributed by atoms with Crippen LogP contribution in [0.2, 0.25) is 0 Å². The number of carbonyl (C=O) groups is 1. The van der Waals surface area contributed by atoms with Gasteiger partial charge in [-0.15, -0.1) is 11.3 Å². The molecule has 0 fully saturated rings. The first-order valence-electron chi connectivity index (χ1n) is 9.94. The number of carbonyl (C=O) groups excluding carboxylic acids is 1. The van der Waals surface area contributed by atoms with Gasteiger partial charge in [-0.1, -0.05) is 17.4 Å². The van der Waals surface area contributed by atoms with Gasteiger partial charge >= 0.3 is 0 Å². The number of benzene rings is 2. The van der Waals surface area contributed by atoms with E-state index in [1.807, 2.05) is 54.7 Å². The molecule has 4 rings (SSSR count). The molecule has 6 nitrogen and oxygen atoms in total. The molecule has 0 saturated carbocycles. The molecule has 166 valence electrons. The zero-order valence-electron chi connectivity index (χ0n) is 18.0. The van der Waals surface area contributed by atoms with Gasteiger partial charge in [-0.2, -0.15) is 0 Å². The van der Waals surface area contributed by atoms with Gasteiger partial charge in [0.25, 0.3) is 5.91 Å². The lowest BCUT2D eigenvalue weighted by molar-refractivity contribution is 0.0987. The van der Waals surface area contributed by atoms with E-state index >= 15 is 0 Å². The highest BCUT2D eigenvalue weighted by molar-refractivity contribution is 7.90. The molecule has 0 radical (unpaired) electrons. The molecule has 0 unspecified atom stereocenters. The van der Waals surface area contributed by atoms with Gasteiger partial charge in [0.2, 0.25) is 0 Å². The van der Waals surface area contributed by atoms with Crippen LogP contribution in [0.15, 0.2) is 64.9 Å². The largest absolute Gasteiger partial charge is 0.378 e. The first-order valence-corrected chi connectivity index (χ1v) is 13.5. The molecule has 0 atom stereocenters. The van der Waals surface area contributed by atoms with Crippen LogP contribution in [0.3, 0.4) is 0 Å². The molecule has 0 bridgehead atoms. The number of nitrogens with zero attached hydrogens (tertiary/aromatic N) is 3. The van der Waals surface area contributed by atoms with Crippen molar-refractivity contribution in [2.45, 2.75) is 11.3 Å². The minimum absolute atomic E-state index is 0.130. The summed E-state index contributed by atoms with van der Waals surface area (Å²) in [5.41, 5.74) is 2.27. The topological polar surface area (TPSA) is 70.6 Å². The molecule has 0 aliphatic heterocycles. The molecule has 0 saturated heterocycles. The van der Waals surface area contributed by atoms with Crippen LogP contribution >= 0.6 is 22.7 Å². The van der Waals surface area contributed by atoms with Crippen LogP contribution in [-0.4, -0.2) is 46.2 Å². The monoisotopic (exact) mass is 485 g/mol. The molecule has 0 aliphatic carbocycles. The third kappa shape index (κ3) is 4.85. The van der Waals surface area contributed by atoms with Gasteiger partial charge < -0.3 is 4.90 Å². The fraction of sp³-hybridized carbons (Fsp3) is 0.217. The van der Waals surface area contributed by atoms with Crippen molar-refractivity contribution in [1.82, 2.24) is 4.98 Å². The number of rotatable bonds is 7. The summed E-state index contributed by atoms with van der Waals surface area (Å²) < 4.78 is 24.6. The predicted octanol–water partition coefficient (Wildman–Crippen LogP) is 4.72. The Bertz CT molecular complexity index is 1340. The van der Waals surface area contributed by atoms with Crippen LogP contribution < -0.4 is 9.80 Å². The number of hydrogen-bond donors (Lipinski definition) is 0. The molecule has 0 aliphatic rings. The van der Waals surface area contributed by atoms with Crippen LogP contribution in [0.4, 0.5) is 10.8 Å². The Morgan fingerprint density at radius 3 is 2.44 bits per heavy atom. The van der Waals surface area contributed by atoms with Gasteiger partial charge in [-0.05, 0) is 60.3 Å². The summed E-state index contributed by atoms with van der Waals surface area (Å²) in [7, 11) is 0.589. The second-order valence-electron chi connectivity index (χ2n) is 7.63. The van der Waals surface area contributed by atoms with E-state index in [4.69, 9.17) is 0 Å². The smallest absolute Gasteiger partial charge is 0.260 e. The predicted molar refractivity (Wildman–Crippen MR) is 133 cm³/mol. The van der Waals surface area contributed by atoms with E-state index in [2.05, 4.69) is 11.1 Å². The lowest BCUT2D eigenvalue weighted by Crippen LogP contribution is -2.32. The number of thiazole rings is 1. The Morgan fingerprint density at radius 2 is 1.81 bits per heavy atom. The SMILES string of the molecule is CN(C)c1ccc(C(=O)N(CCc2cccs2)c2nc3ccc(S(C)(=O)=O)cc3s2)cc1. The molecule has 1 amide bonds. The summed E-state index contributed by atoms with van der Waals surface area (Å²) in [5, 5.41) is 2.58. The lowest BCUT2D eigenvalue weighted by Gasteiger charge is -2.20. The molecule has 0 spiro atoms. The highest BCUT2D eigenvalue weighted by Crippen LogP contribution is 2.32. The lowest BCUT2D eigenvalue weighted by atomic mass is 10.1. The Hall–Kier alpha value is -2.75. The molecule has 32 heavy (non-hydrogen) atoms. The number of aromatic nitrogens is 1. The van der Waals surface area contributed by atoms with E-state index in [-0.39, 0.29) is 10.8 Å². The van der Waals surface area contributed by atoms with Gasteiger partial charge in [0.15, 0.2) is 15.0 Å². The normalized spacial score (nSPS) is 11.6. The van der Waals surface area contributed by atoms with E-state index in [9.17, 15) is 13.2 Å². The fourth-order valence-electron chi connectivity index (χ4n) is 3.26. The third-order valence-electron chi connectivity index (χ3n) is 5.05. The molecule has 2 heterocycles. The fourth-order valence-corrected chi connectivity index (χ4v) is 5.71. The van der Waals surface area contributed by atoms with Crippen molar-refractivity contribution in [3.8, 4) is 0 Å². The van der Waals surface area contributed by atoms with E-state index in [0.29, 0.717) is 29.2 Å². The summed E-state index contributed by atoms with van der Waals surface area (Å²) in [6, 6.07) is 16.4. The molecule has 2 aromatic heterocycles. The van der Waals surface area contributed by atoms with Crippen LogP contribution in [0.25, 0.3) is 10.2 Å². The van der Waals surface area contributed by atoms with Gasteiger partial charge in [-0.25, -0.2) is 13.4 Å². The van der Waals surface area contributed by atoms with Crippen molar-refractivity contribution in [2.75, 3.05) is 36.7 Å². The van der Waals surface area contributed by atoms with Crippen molar-refractivity contribution in [3.63, 3.8) is 0 Å². The van der Waals surface area contributed by atoms with Crippen molar-refractivity contribution in [2.24, 2.45) is 0 Å². The number of hydrogen-bond acceptors (Lipinski definition) is 7. The van der Waals surface area contributed by atoms with Gasteiger partial charge in [0.1, 0.15) is 0 Å². The van der Waals surface area contributed by atoms with Crippen LogP contribution in [-0.2, 0) is 16.3 Å². The quantitative estimate of drug-likeness (QED) is 0.379. The standard InChI is InChI=1S/C23H23N3O3S3/c1-25(2)17-8-6-16(7-9-17)22(27)26(13-12-18-5-4-14-30-18)23-24-20-11-10-19(32(3,28)29)15-21(20)31-23/h4-11,14-15H,12-13H2,1-3H3. The second kappa shape index (κ2) is 9.01. The summed E-state index contributed by atoms with van der Waals surface area (Å²) in [6.45, 7) is 0.480. The summed E-state index contributed by atoms with van der Waals surface area (Å²) in [6.07, 6.45) is 1.90. The van der Waals surface area contributed by atoms with Crippen molar-refractivity contribution < 1.29 is 13.2 Å². The minimum Gasteiger partial charge on any atom is -0.378 e. The average Bonchev–Trinajstić information content (AvgIpc) is 3.42. The zero-order valence-corrected chi connectivity index (χ0v) is 20.4. The molecule has 4 aromatic rings. The van der Waals surface area contributed by atoms with Gasteiger partial charge in [0, 0.05) is 43.0 Å². The molecule has 9 heteroatoms. The van der Waals surface area contributed by atoms with E-state index in [1.54, 1.807) is 34.4 Å². The number of anilines is 2. The van der Waals surface area contributed by atoms with E-state index in [0.717, 1.165) is 10.4 Å². The summed E-state index contributed by atoms with van der Waals surface area (Å²) >= 11 is 2.98. The Kier molecular flexibility index (Phi) is 6.32. The van der Waals surface area contributed by atoms with E-state index < -0.39 is 9.84 Å². The first kappa shape index (κ1) is 22.4. The maximum atomic E-state index is 13.5. The summed E-state index contributed by atoms with van der Waals surface area (Å²) in [5.74, 6) is -0.130. The highest BCUT2D eigenvalue weighted by Gasteiger charge is 2.22. The summed E-state index contributed by atoms with van der Waals surface area (Å²) in [4.78, 5) is 23.2. The first-order chi connectivity index (χ1) is 15.2. The maximum Gasteiger partial charge on any atom is 0.260 e. The third-order valence-corrected chi connectivity index (χ3v) is 8.13. The molecular weight excluding hydrogens is 462 g/mol. The van der Waals surface area contributed by atoms with Crippen LogP contribution in [0.1, 0.15) is 15.2 Å². The van der Waals surface area contributed by atoms with E-state index in [1.165, 1.54) is 22.5 Å². The minimum atomic E-state index is -3.32. The number of amides is 1. The average molecular weight is 486 g/mol. The Labute approximate surface area is 195 Å². The van der Waals surface area contributed by atoms with Gasteiger partial charge in [0.05, 0.1) is 15.1 Å².